The predicted molar refractivity (Wildman–Crippen MR) is 97.8 cm³/mol. The molecule has 0 fully saturated rings. The summed E-state index contributed by atoms with van der Waals surface area (Å²) in [5.41, 5.74) is 1.13. The molecule has 1 heterocycles. The van der Waals surface area contributed by atoms with Crippen LogP contribution >= 0.6 is 31.9 Å². The number of halogens is 2. The van der Waals surface area contributed by atoms with Gasteiger partial charge in [0, 0.05) is 10.0 Å². The molecule has 0 aliphatic rings. The highest BCUT2D eigenvalue weighted by Gasteiger charge is 2.14. The largest absolute Gasteiger partial charge is 0.506 e. The lowest BCUT2D eigenvalue weighted by Crippen LogP contribution is -2.38. The summed E-state index contributed by atoms with van der Waals surface area (Å²) in [6, 6.07) is 2.41. The van der Waals surface area contributed by atoms with Crippen molar-refractivity contribution < 1.29 is 9.90 Å². The zero-order chi connectivity index (χ0) is 18.6. The number of benzene rings is 1. The molecular formula is C13H12Br2N6O4. The molecule has 0 radical (unpaired) electrons. The van der Waals surface area contributed by atoms with Crippen LogP contribution in [0.25, 0.3) is 0 Å². The lowest BCUT2D eigenvalue weighted by atomic mass is 10.2. The lowest BCUT2D eigenvalue weighted by molar-refractivity contribution is -0.121. The van der Waals surface area contributed by atoms with Gasteiger partial charge in [0.2, 0.25) is 5.82 Å². The Morgan fingerprint density at radius 1 is 1.40 bits per heavy atom. The molecule has 1 aromatic heterocycles. The van der Waals surface area contributed by atoms with Crippen molar-refractivity contribution >= 4 is 49.8 Å². The number of phenols is 1. The number of carbonyl (C=O) groups is 1. The van der Waals surface area contributed by atoms with Crippen LogP contribution in [0.2, 0.25) is 0 Å². The first-order valence-corrected chi connectivity index (χ1v) is 8.33. The number of nitrogens with zero attached hydrogens (tertiary/aromatic N) is 2. The summed E-state index contributed by atoms with van der Waals surface area (Å²) in [4.78, 5) is 36.3. The number of hydrogen-bond donors (Lipinski definition) is 5. The summed E-state index contributed by atoms with van der Waals surface area (Å²) in [6.45, 7) is 1.48. The highest BCUT2D eigenvalue weighted by molar-refractivity contribution is 9.11. The molecule has 2 aromatic rings. The summed E-state index contributed by atoms with van der Waals surface area (Å²) in [5, 5.41) is 21.7. The number of aromatic amines is 2. The van der Waals surface area contributed by atoms with E-state index in [2.05, 4.69) is 52.8 Å². The first-order valence-electron chi connectivity index (χ1n) is 6.74. The zero-order valence-corrected chi connectivity index (χ0v) is 15.8. The first kappa shape index (κ1) is 18.9. The van der Waals surface area contributed by atoms with Gasteiger partial charge in [0.05, 0.1) is 10.7 Å². The Morgan fingerprint density at radius 3 is 2.80 bits per heavy atom. The first-order chi connectivity index (χ1) is 11.8. The third-order valence-corrected chi connectivity index (χ3v) is 3.96. The molecule has 0 saturated carbocycles. The van der Waals surface area contributed by atoms with Crippen molar-refractivity contribution in [2.75, 3.05) is 5.32 Å². The van der Waals surface area contributed by atoms with E-state index in [4.69, 9.17) is 0 Å². The highest BCUT2D eigenvalue weighted by Crippen LogP contribution is 2.30. The van der Waals surface area contributed by atoms with E-state index in [1.165, 1.54) is 13.1 Å². The Balaban J connectivity index is 2.02. The van der Waals surface area contributed by atoms with Gasteiger partial charge >= 0.3 is 5.69 Å². The maximum Gasteiger partial charge on any atom is 0.342 e. The van der Waals surface area contributed by atoms with E-state index in [1.54, 1.807) is 12.1 Å². The molecule has 132 valence electrons. The van der Waals surface area contributed by atoms with Gasteiger partial charge in [-0.25, -0.2) is 15.3 Å². The van der Waals surface area contributed by atoms with Crippen LogP contribution in [-0.4, -0.2) is 38.5 Å². The van der Waals surface area contributed by atoms with Crippen LogP contribution in [0, 0.1) is 0 Å². The van der Waals surface area contributed by atoms with E-state index in [9.17, 15) is 19.5 Å². The monoisotopic (exact) mass is 474 g/mol. The van der Waals surface area contributed by atoms with Gasteiger partial charge in [-0.15, -0.1) is 5.10 Å². The maximum atomic E-state index is 12.0. The number of hydrogen-bond acceptors (Lipinski definition) is 7. The standard InChI is InChI=1S/C13H12Br2N6O4/c1-5(17-10-12(24)18-13(25)21-19-10)11(23)20-16-4-6-2-7(14)3-8(15)9(6)22/h2-5,22H,1H3,(H,17,19)(H,20,23)(H2,18,21,24,25)/b16-4-/t5-/m0/s1. The summed E-state index contributed by atoms with van der Waals surface area (Å²) < 4.78 is 1.18. The number of nitrogens with one attached hydrogen (secondary N) is 4. The molecule has 5 N–H and O–H groups in total. The van der Waals surface area contributed by atoms with Crippen LogP contribution in [0.15, 0.2) is 35.8 Å². The average Bonchev–Trinajstić information content (AvgIpc) is 2.54. The normalized spacial score (nSPS) is 12.1. The number of amides is 1. The van der Waals surface area contributed by atoms with E-state index in [0.717, 1.165) is 0 Å². The minimum Gasteiger partial charge on any atom is -0.506 e. The second kappa shape index (κ2) is 8.07. The van der Waals surface area contributed by atoms with Gasteiger partial charge < -0.3 is 10.4 Å². The highest BCUT2D eigenvalue weighted by atomic mass is 79.9. The van der Waals surface area contributed by atoms with Crippen molar-refractivity contribution in [2.45, 2.75) is 13.0 Å². The van der Waals surface area contributed by atoms with Crippen LogP contribution < -0.4 is 22.0 Å². The fourth-order valence-corrected chi connectivity index (χ4v) is 2.92. The van der Waals surface area contributed by atoms with Gasteiger partial charge in [0.1, 0.15) is 11.8 Å². The number of anilines is 1. The molecule has 12 heteroatoms. The number of H-pyrrole nitrogens is 2. The fourth-order valence-electron chi connectivity index (χ4n) is 1.66. The summed E-state index contributed by atoms with van der Waals surface area (Å²) in [5.74, 6) is -0.798. The Morgan fingerprint density at radius 2 is 2.12 bits per heavy atom. The Hall–Kier alpha value is -2.47. The Bertz CT molecular complexity index is 939. The van der Waals surface area contributed by atoms with Gasteiger partial charge in [-0.05, 0) is 35.0 Å². The predicted octanol–water partition coefficient (Wildman–Crippen LogP) is 0.640. The molecule has 1 atom stereocenters. The molecule has 0 bridgehead atoms. The van der Waals surface area contributed by atoms with Crippen molar-refractivity contribution in [2.24, 2.45) is 5.10 Å². The van der Waals surface area contributed by atoms with E-state index < -0.39 is 23.2 Å². The summed E-state index contributed by atoms with van der Waals surface area (Å²) in [6.07, 6.45) is 1.26. The molecule has 1 amide bonds. The molecule has 1 aromatic carbocycles. The van der Waals surface area contributed by atoms with Crippen molar-refractivity contribution in [3.8, 4) is 5.75 Å². The van der Waals surface area contributed by atoms with Crippen molar-refractivity contribution in [3.05, 3.63) is 47.5 Å². The molecule has 0 saturated heterocycles. The molecule has 2 rings (SSSR count). The third-order valence-electron chi connectivity index (χ3n) is 2.89. The molecule has 0 spiro atoms. The molecule has 0 unspecified atom stereocenters. The van der Waals surface area contributed by atoms with E-state index in [-0.39, 0.29) is 11.6 Å². The quantitative estimate of drug-likeness (QED) is 0.316. The topological polar surface area (TPSA) is 152 Å². The Labute approximate surface area is 157 Å². The van der Waals surface area contributed by atoms with Crippen molar-refractivity contribution in [1.29, 1.82) is 0 Å². The van der Waals surface area contributed by atoms with Crippen molar-refractivity contribution in [3.63, 3.8) is 0 Å². The van der Waals surface area contributed by atoms with Crippen molar-refractivity contribution in [1.82, 2.24) is 20.6 Å². The second-order valence-electron chi connectivity index (χ2n) is 4.78. The number of hydrazone groups is 1. The van der Waals surface area contributed by atoms with E-state index in [1.807, 2.05) is 10.1 Å². The third kappa shape index (κ3) is 5.00. The molecule has 0 aliphatic carbocycles. The summed E-state index contributed by atoms with van der Waals surface area (Å²) in [7, 11) is 0. The minimum atomic E-state index is -0.862. The Kier molecular flexibility index (Phi) is 6.09. The van der Waals surface area contributed by atoms with E-state index >= 15 is 0 Å². The van der Waals surface area contributed by atoms with Crippen LogP contribution in [0.3, 0.4) is 0 Å². The van der Waals surface area contributed by atoms with Gasteiger partial charge in [0.25, 0.3) is 11.5 Å². The second-order valence-corrected chi connectivity index (χ2v) is 6.55. The molecule has 25 heavy (non-hydrogen) atoms. The van der Waals surface area contributed by atoms with Crippen LogP contribution in [0.4, 0.5) is 5.82 Å². The van der Waals surface area contributed by atoms with Crippen LogP contribution in [0.1, 0.15) is 12.5 Å². The SMILES string of the molecule is C[C@H](Nc1n[nH]c(=O)[nH]c1=O)C(=O)N/N=C\c1cc(Br)cc(Br)c1O. The average molecular weight is 476 g/mol. The number of aromatic hydroxyl groups is 1. The van der Waals surface area contributed by atoms with Crippen LogP contribution in [-0.2, 0) is 4.79 Å². The maximum absolute atomic E-state index is 12.0. The number of carbonyl (C=O) groups excluding carboxylic acids is 1. The van der Waals surface area contributed by atoms with Gasteiger partial charge in [-0.2, -0.15) is 5.10 Å². The summed E-state index contributed by atoms with van der Waals surface area (Å²) >= 11 is 6.46. The van der Waals surface area contributed by atoms with Gasteiger partial charge in [0.15, 0.2) is 0 Å². The fraction of sp³-hybridized carbons (Fsp3) is 0.154. The van der Waals surface area contributed by atoms with Gasteiger partial charge in [-0.3, -0.25) is 14.6 Å². The smallest absolute Gasteiger partial charge is 0.342 e. The lowest BCUT2D eigenvalue weighted by Gasteiger charge is -2.11. The zero-order valence-electron chi connectivity index (χ0n) is 12.6. The molecular weight excluding hydrogens is 464 g/mol. The minimum absolute atomic E-state index is 0.0312. The van der Waals surface area contributed by atoms with Crippen LogP contribution in [0.5, 0.6) is 5.75 Å². The van der Waals surface area contributed by atoms with Gasteiger partial charge in [-0.1, -0.05) is 15.9 Å². The number of rotatable bonds is 5. The molecule has 10 nitrogen and oxygen atoms in total. The number of phenolic OH excluding ortho intramolecular Hbond substituents is 1. The number of aromatic nitrogens is 3. The van der Waals surface area contributed by atoms with E-state index in [0.29, 0.717) is 14.5 Å². The molecule has 0 aliphatic heterocycles.